The van der Waals surface area contributed by atoms with Crippen LogP contribution < -0.4 is 5.32 Å². The van der Waals surface area contributed by atoms with Gasteiger partial charge in [-0.3, -0.25) is 14.8 Å². The summed E-state index contributed by atoms with van der Waals surface area (Å²) in [6.45, 7) is 0. The molecule has 1 amide bonds. The highest BCUT2D eigenvalue weighted by Gasteiger charge is 2.24. The normalized spacial score (nSPS) is 12.2. The molecule has 0 aliphatic carbocycles. The van der Waals surface area contributed by atoms with Crippen molar-refractivity contribution in [1.82, 2.24) is 9.97 Å². The first-order chi connectivity index (χ1) is 11.5. The highest BCUT2D eigenvalue weighted by Crippen LogP contribution is 2.24. The number of nitrogens with one attached hydrogen (secondary N) is 1. The van der Waals surface area contributed by atoms with E-state index in [0.717, 1.165) is 0 Å². The average molecular weight is 333 g/mol. The maximum absolute atomic E-state index is 13.7. The van der Waals surface area contributed by atoms with Gasteiger partial charge in [0.15, 0.2) is 17.7 Å². The lowest BCUT2D eigenvalue weighted by Gasteiger charge is -2.13. The molecule has 0 radical (unpaired) electrons. The Morgan fingerprint density at radius 3 is 2.58 bits per heavy atom. The third-order valence-corrected chi connectivity index (χ3v) is 3.34. The predicted octanol–water partition coefficient (Wildman–Crippen LogP) is 2.72. The Kier molecular flexibility index (Phi) is 4.13. The number of benzene rings is 1. The topological polar surface area (TPSA) is 75.1 Å². The second-order valence-electron chi connectivity index (χ2n) is 4.91. The second-order valence-corrected chi connectivity index (χ2v) is 4.91. The molecule has 0 aliphatic heterocycles. The van der Waals surface area contributed by atoms with Crippen molar-refractivity contribution >= 4 is 22.6 Å². The number of amides is 1. The van der Waals surface area contributed by atoms with Crippen LogP contribution in [0.25, 0.3) is 11.0 Å². The number of nitrogens with zero attached hydrogens (tertiary/aromatic N) is 2. The lowest BCUT2D eigenvalue weighted by atomic mass is 10.1. The molecule has 3 rings (SSSR count). The van der Waals surface area contributed by atoms with Crippen molar-refractivity contribution in [2.24, 2.45) is 0 Å². The summed E-state index contributed by atoms with van der Waals surface area (Å²) in [7, 11) is 0. The van der Waals surface area contributed by atoms with E-state index in [1.807, 2.05) is 0 Å². The van der Waals surface area contributed by atoms with Gasteiger partial charge >= 0.3 is 0 Å². The van der Waals surface area contributed by atoms with Gasteiger partial charge in [0.05, 0.1) is 11.2 Å². The van der Waals surface area contributed by atoms with Crippen molar-refractivity contribution in [3.05, 3.63) is 65.7 Å². The quantitative estimate of drug-likeness (QED) is 0.723. The molecule has 0 saturated heterocycles. The number of rotatable bonds is 3. The van der Waals surface area contributed by atoms with Crippen LogP contribution in [0.5, 0.6) is 0 Å². The number of hydrogen-bond acceptors (Lipinski definition) is 4. The zero-order chi connectivity index (χ0) is 17.3. The summed E-state index contributed by atoms with van der Waals surface area (Å²) in [5.41, 5.74) is 0.445. The number of halogens is 3. The minimum atomic E-state index is -2.02. The molecule has 122 valence electrons. The SMILES string of the molecule is O=C(Nc1ccnc2cccnc12)C(O)c1cc(F)c(F)cc1F. The highest BCUT2D eigenvalue weighted by atomic mass is 19.2. The van der Waals surface area contributed by atoms with Crippen molar-refractivity contribution in [2.45, 2.75) is 6.10 Å². The van der Waals surface area contributed by atoms with Crippen LogP contribution in [0.1, 0.15) is 11.7 Å². The molecule has 0 fully saturated rings. The molecule has 2 N–H and O–H groups in total. The number of carbonyl (C=O) groups excluding carboxylic acids is 1. The zero-order valence-corrected chi connectivity index (χ0v) is 12.0. The van der Waals surface area contributed by atoms with Crippen LogP contribution in [0.15, 0.2) is 42.7 Å². The number of carbonyl (C=O) groups is 1. The predicted molar refractivity (Wildman–Crippen MR) is 79.4 cm³/mol. The number of aliphatic hydroxyl groups is 1. The fourth-order valence-corrected chi connectivity index (χ4v) is 2.17. The molecule has 24 heavy (non-hydrogen) atoms. The maximum Gasteiger partial charge on any atom is 0.258 e. The van der Waals surface area contributed by atoms with Gasteiger partial charge in [0.25, 0.3) is 5.91 Å². The molecule has 0 spiro atoms. The van der Waals surface area contributed by atoms with Gasteiger partial charge in [-0.1, -0.05) is 0 Å². The summed E-state index contributed by atoms with van der Waals surface area (Å²) in [5.74, 6) is -5.02. The van der Waals surface area contributed by atoms with Crippen molar-refractivity contribution in [3.8, 4) is 0 Å². The Bertz CT molecular complexity index is 928. The average Bonchev–Trinajstić information content (AvgIpc) is 2.58. The standard InChI is InChI=1S/C16H10F3N3O2/c17-9-7-11(19)10(18)6-8(9)15(23)16(24)22-13-3-5-20-12-2-1-4-21-14(12)13/h1-7,15,23H,(H,20,22,24). The number of aromatic nitrogens is 2. The van der Waals surface area contributed by atoms with Gasteiger partial charge in [0, 0.05) is 24.0 Å². The van der Waals surface area contributed by atoms with Crippen LogP contribution in [0, 0.1) is 17.5 Å². The Balaban J connectivity index is 1.90. The molecule has 5 nitrogen and oxygen atoms in total. The van der Waals surface area contributed by atoms with E-state index in [0.29, 0.717) is 17.1 Å². The lowest BCUT2D eigenvalue weighted by Crippen LogP contribution is -2.22. The monoisotopic (exact) mass is 333 g/mol. The Labute approximate surface area is 133 Å². The minimum Gasteiger partial charge on any atom is -0.378 e. The van der Waals surface area contributed by atoms with E-state index in [2.05, 4.69) is 15.3 Å². The van der Waals surface area contributed by atoms with E-state index in [-0.39, 0.29) is 11.8 Å². The first-order valence-electron chi connectivity index (χ1n) is 6.80. The molecule has 0 saturated carbocycles. The van der Waals surface area contributed by atoms with E-state index < -0.39 is 35.0 Å². The van der Waals surface area contributed by atoms with Crippen molar-refractivity contribution in [2.75, 3.05) is 5.32 Å². The molecule has 0 aliphatic rings. The summed E-state index contributed by atoms with van der Waals surface area (Å²) in [6, 6.07) is 5.49. The third-order valence-electron chi connectivity index (χ3n) is 3.34. The summed E-state index contributed by atoms with van der Waals surface area (Å²) >= 11 is 0. The number of hydrogen-bond donors (Lipinski definition) is 2. The van der Waals surface area contributed by atoms with Gasteiger partial charge in [0.1, 0.15) is 11.3 Å². The lowest BCUT2D eigenvalue weighted by molar-refractivity contribution is -0.124. The Morgan fingerprint density at radius 1 is 1.04 bits per heavy atom. The van der Waals surface area contributed by atoms with Crippen LogP contribution in [-0.2, 0) is 4.79 Å². The Hall–Kier alpha value is -3.00. The summed E-state index contributed by atoms with van der Waals surface area (Å²) < 4.78 is 39.8. The van der Waals surface area contributed by atoms with E-state index in [1.54, 1.807) is 12.1 Å². The molecule has 2 aromatic heterocycles. The van der Waals surface area contributed by atoms with E-state index in [4.69, 9.17) is 0 Å². The Morgan fingerprint density at radius 2 is 1.79 bits per heavy atom. The van der Waals surface area contributed by atoms with E-state index >= 15 is 0 Å². The van der Waals surface area contributed by atoms with Gasteiger partial charge in [0.2, 0.25) is 0 Å². The van der Waals surface area contributed by atoms with Crippen LogP contribution >= 0.6 is 0 Å². The van der Waals surface area contributed by atoms with Gasteiger partial charge in [-0.05, 0) is 24.3 Å². The molecule has 1 unspecified atom stereocenters. The summed E-state index contributed by atoms with van der Waals surface area (Å²) in [5, 5.41) is 12.3. The molecule has 1 atom stereocenters. The smallest absolute Gasteiger partial charge is 0.258 e. The molecular formula is C16H10F3N3O2. The third kappa shape index (κ3) is 2.91. The fraction of sp³-hybridized carbons (Fsp3) is 0.0625. The molecule has 3 aromatic rings. The molecule has 8 heteroatoms. The first-order valence-corrected chi connectivity index (χ1v) is 6.80. The largest absolute Gasteiger partial charge is 0.378 e. The molecular weight excluding hydrogens is 323 g/mol. The maximum atomic E-state index is 13.7. The minimum absolute atomic E-state index is 0.243. The van der Waals surface area contributed by atoms with E-state index in [1.165, 1.54) is 18.5 Å². The van der Waals surface area contributed by atoms with Crippen molar-refractivity contribution in [1.29, 1.82) is 0 Å². The summed E-state index contributed by atoms with van der Waals surface area (Å²) in [4.78, 5) is 20.2. The number of fused-ring (bicyclic) bond motifs is 1. The van der Waals surface area contributed by atoms with Gasteiger partial charge in [-0.25, -0.2) is 13.2 Å². The van der Waals surface area contributed by atoms with Crippen molar-refractivity contribution in [3.63, 3.8) is 0 Å². The van der Waals surface area contributed by atoms with Crippen LogP contribution in [0.2, 0.25) is 0 Å². The number of pyridine rings is 2. The second kappa shape index (κ2) is 6.25. The zero-order valence-electron chi connectivity index (χ0n) is 12.0. The van der Waals surface area contributed by atoms with Crippen LogP contribution in [0.3, 0.4) is 0 Å². The number of anilines is 1. The fourth-order valence-electron chi connectivity index (χ4n) is 2.17. The molecule has 0 bridgehead atoms. The number of aliphatic hydroxyl groups excluding tert-OH is 1. The van der Waals surface area contributed by atoms with E-state index in [9.17, 15) is 23.1 Å². The van der Waals surface area contributed by atoms with Gasteiger partial charge in [-0.2, -0.15) is 0 Å². The van der Waals surface area contributed by atoms with Crippen molar-refractivity contribution < 1.29 is 23.1 Å². The van der Waals surface area contributed by atoms with Crippen LogP contribution in [-0.4, -0.2) is 21.0 Å². The summed E-state index contributed by atoms with van der Waals surface area (Å²) in [6.07, 6.45) is 0.891. The van der Waals surface area contributed by atoms with Gasteiger partial charge < -0.3 is 10.4 Å². The molecule has 2 heterocycles. The highest BCUT2D eigenvalue weighted by molar-refractivity contribution is 6.01. The first kappa shape index (κ1) is 15.9. The van der Waals surface area contributed by atoms with Crippen LogP contribution in [0.4, 0.5) is 18.9 Å². The molecule has 1 aromatic carbocycles. The van der Waals surface area contributed by atoms with Gasteiger partial charge in [-0.15, -0.1) is 0 Å².